The second kappa shape index (κ2) is 4.72. The van der Waals surface area contributed by atoms with E-state index in [-0.39, 0.29) is 18.1 Å². The number of nitrogens with one attached hydrogen (secondary N) is 1. The fourth-order valence-electron chi connectivity index (χ4n) is 1.14. The topological polar surface area (TPSA) is 69.6 Å². The number of amides is 2. The number of carboxylic acids is 1. The molecule has 0 spiro atoms. The minimum Gasteiger partial charge on any atom is -0.480 e. The van der Waals surface area contributed by atoms with E-state index >= 15 is 0 Å². The quantitative estimate of drug-likeness (QED) is 0.758. The largest absolute Gasteiger partial charge is 0.480 e. The first-order chi connectivity index (χ1) is 6.93. The highest BCUT2D eigenvalue weighted by Gasteiger charge is 2.30. The lowest BCUT2D eigenvalue weighted by Crippen LogP contribution is -2.56. The molecule has 2 amide bonds. The molecule has 0 aliphatic rings. The van der Waals surface area contributed by atoms with E-state index in [2.05, 4.69) is 5.32 Å². The first-order valence-electron chi connectivity index (χ1n) is 5.25. The van der Waals surface area contributed by atoms with Crippen LogP contribution in [-0.2, 0) is 4.79 Å². The molecular weight excluding hydrogens is 208 g/mol. The van der Waals surface area contributed by atoms with Crippen molar-refractivity contribution in [2.24, 2.45) is 0 Å². The molecule has 2 N–H and O–H groups in total. The van der Waals surface area contributed by atoms with Crippen LogP contribution in [0.15, 0.2) is 0 Å². The van der Waals surface area contributed by atoms with Gasteiger partial charge in [-0.25, -0.2) is 4.79 Å². The Bertz CT molecular complexity index is 274. The van der Waals surface area contributed by atoms with Gasteiger partial charge in [0.25, 0.3) is 0 Å². The van der Waals surface area contributed by atoms with Gasteiger partial charge in [0.2, 0.25) is 0 Å². The van der Waals surface area contributed by atoms with Gasteiger partial charge in [-0.3, -0.25) is 4.79 Å². The van der Waals surface area contributed by atoms with Crippen LogP contribution in [0.4, 0.5) is 4.79 Å². The maximum absolute atomic E-state index is 11.9. The summed E-state index contributed by atoms with van der Waals surface area (Å²) in [4.78, 5) is 23.9. The highest BCUT2D eigenvalue weighted by atomic mass is 16.4. The lowest BCUT2D eigenvalue weighted by molar-refractivity contribution is -0.138. The van der Waals surface area contributed by atoms with Crippen molar-refractivity contribution < 1.29 is 14.7 Å². The number of urea groups is 1. The first kappa shape index (κ1) is 14.7. The molecule has 0 radical (unpaired) electrons. The molecule has 0 bridgehead atoms. The van der Waals surface area contributed by atoms with Crippen molar-refractivity contribution in [3.63, 3.8) is 0 Å². The van der Waals surface area contributed by atoms with Crippen molar-refractivity contribution in [2.75, 3.05) is 6.54 Å². The van der Waals surface area contributed by atoms with Crippen LogP contribution in [0.1, 0.15) is 41.5 Å². The third-order valence-corrected chi connectivity index (χ3v) is 1.83. The van der Waals surface area contributed by atoms with Crippen molar-refractivity contribution in [1.29, 1.82) is 0 Å². The van der Waals surface area contributed by atoms with Crippen LogP contribution in [0.5, 0.6) is 0 Å². The number of carbonyl (C=O) groups excluding carboxylic acids is 1. The molecular formula is C11H22N2O3. The molecule has 0 fully saturated rings. The van der Waals surface area contributed by atoms with E-state index in [0.717, 1.165) is 0 Å². The van der Waals surface area contributed by atoms with Gasteiger partial charge in [0.05, 0.1) is 0 Å². The standard InChI is InChI=1S/C11H22N2O3/c1-10(2,3)12-9(16)13(7-8(14)15)11(4,5)6/h7H2,1-6H3,(H,12,16)(H,14,15). The highest BCUT2D eigenvalue weighted by Crippen LogP contribution is 2.14. The number of rotatable bonds is 2. The zero-order valence-electron chi connectivity index (χ0n) is 10.9. The maximum Gasteiger partial charge on any atom is 0.323 e. The van der Waals surface area contributed by atoms with Gasteiger partial charge in [0.15, 0.2) is 0 Å². The Morgan fingerprint density at radius 2 is 1.56 bits per heavy atom. The van der Waals surface area contributed by atoms with Crippen LogP contribution in [0.2, 0.25) is 0 Å². The van der Waals surface area contributed by atoms with E-state index < -0.39 is 11.5 Å². The van der Waals surface area contributed by atoms with E-state index in [1.165, 1.54) is 4.90 Å². The zero-order chi connectivity index (χ0) is 13.1. The predicted molar refractivity (Wildman–Crippen MR) is 62.4 cm³/mol. The van der Waals surface area contributed by atoms with E-state index in [1.807, 2.05) is 20.8 Å². The van der Waals surface area contributed by atoms with E-state index in [1.54, 1.807) is 20.8 Å². The average Bonchev–Trinajstić information content (AvgIpc) is 1.93. The van der Waals surface area contributed by atoms with Gasteiger partial charge in [-0.2, -0.15) is 0 Å². The summed E-state index contributed by atoms with van der Waals surface area (Å²) < 4.78 is 0. The van der Waals surface area contributed by atoms with Crippen molar-refractivity contribution >= 4 is 12.0 Å². The fourth-order valence-corrected chi connectivity index (χ4v) is 1.14. The molecule has 0 rings (SSSR count). The molecule has 0 aromatic rings. The minimum absolute atomic E-state index is 0.300. The number of aliphatic carboxylic acids is 1. The molecule has 0 heterocycles. The first-order valence-corrected chi connectivity index (χ1v) is 5.25. The third-order valence-electron chi connectivity index (χ3n) is 1.83. The van der Waals surface area contributed by atoms with Gasteiger partial charge >= 0.3 is 12.0 Å². The maximum atomic E-state index is 11.9. The SMILES string of the molecule is CC(C)(C)NC(=O)N(CC(=O)O)C(C)(C)C. The highest BCUT2D eigenvalue weighted by molar-refractivity contribution is 5.81. The van der Waals surface area contributed by atoms with Crippen LogP contribution < -0.4 is 5.32 Å². The number of carboxylic acid groups (broad SMARTS) is 1. The van der Waals surface area contributed by atoms with Gasteiger partial charge in [0, 0.05) is 11.1 Å². The molecule has 0 saturated heterocycles. The number of hydrogen-bond acceptors (Lipinski definition) is 2. The summed E-state index contributed by atoms with van der Waals surface area (Å²) in [5, 5.41) is 11.5. The molecule has 94 valence electrons. The summed E-state index contributed by atoms with van der Waals surface area (Å²) in [5.74, 6) is -1.01. The molecule has 0 unspecified atom stereocenters. The predicted octanol–water partition coefficient (Wildman–Crippen LogP) is 1.68. The summed E-state index contributed by atoms with van der Waals surface area (Å²) in [6.45, 7) is 10.7. The molecule has 0 saturated carbocycles. The van der Waals surface area contributed by atoms with Crippen molar-refractivity contribution in [3.05, 3.63) is 0 Å². The Balaban J connectivity index is 4.78. The van der Waals surface area contributed by atoms with Crippen molar-refractivity contribution in [1.82, 2.24) is 10.2 Å². The lowest BCUT2D eigenvalue weighted by atomic mass is 10.1. The third kappa shape index (κ3) is 5.58. The summed E-state index contributed by atoms with van der Waals surface area (Å²) in [5.41, 5.74) is -0.896. The van der Waals surface area contributed by atoms with E-state index in [4.69, 9.17) is 5.11 Å². The van der Waals surface area contributed by atoms with Crippen molar-refractivity contribution in [2.45, 2.75) is 52.6 Å². The smallest absolute Gasteiger partial charge is 0.323 e. The number of carbonyl (C=O) groups is 2. The normalized spacial score (nSPS) is 12.1. The van der Waals surface area contributed by atoms with Gasteiger partial charge < -0.3 is 15.3 Å². The van der Waals surface area contributed by atoms with Crippen LogP contribution in [0.3, 0.4) is 0 Å². The second-order valence-corrected chi connectivity index (χ2v) is 5.83. The van der Waals surface area contributed by atoms with Crippen molar-refractivity contribution in [3.8, 4) is 0 Å². The minimum atomic E-state index is -1.01. The molecule has 0 atom stereocenters. The Kier molecular flexibility index (Phi) is 4.35. The second-order valence-electron chi connectivity index (χ2n) is 5.83. The van der Waals surface area contributed by atoms with Gasteiger partial charge in [-0.05, 0) is 41.5 Å². The van der Waals surface area contributed by atoms with Crippen LogP contribution in [0, 0.1) is 0 Å². The molecule has 0 aromatic carbocycles. The summed E-state index contributed by atoms with van der Waals surface area (Å²) in [6, 6.07) is -0.359. The monoisotopic (exact) mass is 230 g/mol. The lowest BCUT2D eigenvalue weighted by Gasteiger charge is -2.36. The van der Waals surface area contributed by atoms with Gasteiger partial charge in [-0.15, -0.1) is 0 Å². The van der Waals surface area contributed by atoms with Crippen LogP contribution in [0.25, 0.3) is 0 Å². The summed E-state index contributed by atoms with van der Waals surface area (Å²) in [6.07, 6.45) is 0. The Morgan fingerprint density at radius 1 is 1.12 bits per heavy atom. The summed E-state index contributed by atoms with van der Waals surface area (Å²) >= 11 is 0. The molecule has 5 nitrogen and oxygen atoms in total. The average molecular weight is 230 g/mol. The van der Waals surface area contributed by atoms with E-state index in [9.17, 15) is 9.59 Å². The fraction of sp³-hybridized carbons (Fsp3) is 0.818. The number of nitrogens with zero attached hydrogens (tertiary/aromatic N) is 1. The molecule has 0 aliphatic carbocycles. The number of hydrogen-bond donors (Lipinski definition) is 2. The Labute approximate surface area is 96.8 Å². The molecule has 0 aliphatic heterocycles. The summed E-state index contributed by atoms with van der Waals surface area (Å²) in [7, 11) is 0. The molecule has 5 heteroatoms. The molecule has 16 heavy (non-hydrogen) atoms. The van der Waals surface area contributed by atoms with Crippen LogP contribution >= 0.6 is 0 Å². The van der Waals surface area contributed by atoms with Gasteiger partial charge in [0.1, 0.15) is 6.54 Å². The van der Waals surface area contributed by atoms with Gasteiger partial charge in [-0.1, -0.05) is 0 Å². The Morgan fingerprint density at radius 3 is 1.81 bits per heavy atom. The Hall–Kier alpha value is -1.26. The molecule has 0 aromatic heterocycles. The van der Waals surface area contributed by atoms with Crippen LogP contribution in [-0.4, -0.2) is 39.6 Å². The van der Waals surface area contributed by atoms with E-state index in [0.29, 0.717) is 0 Å². The zero-order valence-corrected chi connectivity index (χ0v) is 10.9.